The molecular weight excluding hydrogens is 344 g/mol. The van der Waals surface area contributed by atoms with Crippen LogP contribution in [0.25, 0.3) is 0 Å². The summed E-state index contributed by atoms with van der Waals surface area (Å²) in [5.74, 6) is 0.773. The molecular formula is C20H26N4O3. The minimum Gasteiger partial charge on any atom is -0.483 e. The molecule has 7 heteroatoms. The summed E-state index contributed by atoms with van der Waals surface area (Å²) in [4.78, 5) is 28.5. The number of carboxylic acid groups (broad SMARTS) is 1. The highest BCUT2D eigenvalue weighted by Crippen LogP contribution is 2.22. The van der Waals surface area contributed by atoms with Crippen molar-refractivity contribution in [3.05, 3.63) is 59.3 Å². The molecule has 2 heterocycles. The second-order valence-corrected chi connectivity index (χ2v) is 6.66. The first-order chi connectivity index (χ1) is 13.0. The molecule has 2 aromatic rings. The maximum Gasteiger partial charge on any atom is 0.290 e. The lowest BCUT2D eigenvalue weighted by Crippen LogP contribution is -2.42. The highest BCUT2D eigenvalue weighted by molar-refractivity contribution is 5.93. The molecule has 0 aliphatic carbocycles. The highest BCUT2D eigenvalue weighted by Gasteiger charge is 2.22. The van der Waals surface area contributed by atoms with Gasteiger partial charge in [0.05, 0.1) is 5.56 Å². The van der Waals surface area contributed by atoms with Crippen LogP contribution in [0.4, 0.5) is 5.82 Å². The van der Waals surface area contributed by atoms with Gasteiger partial charge in [0.25, 0.3) is 12.4 Å². The molecule has 27 heavy (non-hydrogen) atoms. The van der Waals surface area contributed by atoms with Crippen LogP contribution in [0.1, 0.15) is 21.5 Å². The van der Waals surface area contributed by atoms with E-state index in [1.807, 2.05) is 12.1 Å². The molecule has 0 radical (unpaired) electrons. The van der Waals surface area contributed by atoms with Gasteiger partial charge in [-0.15, -0.1) is 0 Å². The van der Waals surface area contributed by atoms with Crippen molar-refractivity contribution >= 4 is 18.2 Å². The van der Waals surface area contributed by atoms with Crippen LogP contribution in [0.2, 0.25) is 0 Å². The standard InChI is InChI=1S/C19H24N4O.CH2O2/c1-22(2)19(24)15-8-9-18(20-11-15)21-12-17-10-14-6-4-5-7-16(14)13-23(17)3;2-1-3/h4-9,11,17H,10,12-13H2,1-3H3,(H,20,21);1H,(H,2,3). The predicted molar refractivity (Wildman–Crippen MR) is 105 cm³/mol. The van der Waals surface area contributed by atoms with Crippen molar-refractivity contribution in [1.82, 2.24) is 14.8 Å². The van der Waals surface area contributed by atoms with Crippen molar-refractivity contribution < 1.29 is 14.7 Å². The number of benzene rings is 1. The zero-order valence-corrected chi connectivity index (χ0v) is 15.9. The molecule has 1 atom stereocenters. The Bertz CT molecular complexity index is 762. The molecule has 0 fully saturated rings. The number of likely N-dealkylation sites (N-methyl/N-ethyl adjacent to an activating group) is 1. The predicted octanol–water partition coefficient (Wildman–Crippen LogP) is 1.95. The van der Waals surface area contributed by atoms with E-state index in [4.69, 9.17) is 9.90 Å². The van der Waals surface area contributed by atoms with E-state index in [1.165, 1.54) is 11.1 Å². The van der Waals surface area contributed by atoms with E-state index in [0.29, 0.717) is 11.6 Å². The van der Waals surface area contributed by atoms with E-state index in [-0.39, 0.29) is 12.4 Å². The molecule has 0 bridgehead atoms. The molecule has 0 spiro atoms. The molecule has 7 nitrogen and oxygen atoms in total. The van der Waals surface area contributed by atoms with Crippen LogP contribution in [0.5, 0.6) is 0 Å². The van der Waals surface area contributed by atoms with Crippen molar-refractivity contribution in [3.8, 4) is 0 Å². The summed E-state index contributed by atoms with van der Waals surface area (Å²) < 4.78 is 0. The molecule has 144 valence electrons. The van der Waals surface area contributed by atoms with Crippen LogP contribution in [-0.2, 0) is 17.8 Å². The molecule has 2 N–H and O–H groups in total. The largest absolute Gasteiger partial charge is 0.483 e. The van der Waals surface area contributed by atoms with Gasteiger partial charge in [0.2, 0.25) is 0 Å². The molecule has 1 amide bonds. The number of nitrogens with one attached hydrogen (secondary N) is 1. The van der Waals surface area contributed by atoms with Gasteiger partial charge in [-0.3, -0.25) is 14.5 Å². The minimum atomic E-state index is -0.250. The first-order valence-electron chi connectivity index (χ1n) is 8.72. The van der Waals surface area contributed by atoms with Gasteiger partial charge in [-0.25, -0.2) is 4.98 Å². The molecule has 1 aromatic carbocycles. The molecule has 1 aliphatic rings. The number of rotatable bonds is 4. The Morgan fingerprint density at radius 2 is 1.96 bits per heavy atom. The fourth-order valence-corrected chi connectivity index (χ4v) is 3.05. The van der Waals surface area contributed by atoms with Gasteiger partial charge in [-0.1, -0.05) is 24.3 Å². The fourth-order valence-electron chi connectivity index (χ4n) is 3.05. The number of nitrogens with zero attached hydrogens (tertiary/aromatic N) is 3. The van der Waals surface area contributed by atoms with Crippen molar-refractivity contribution in [1.29, 1.82) is 0 Å². The maximum absolute atomic E-state index is 11.9. The Balaban J connectivity index is 0.000000817. The summed E-state index contributed by atoms with van der Waals surface area (Å²) in [6.07, 6.45) is 2.67. The summed E-state index contributed by atoms with van der Waals surface area (Å²) in [5.41, 5.74) is 3.46. The van der Waals surface area contributed by atoms with Crippen LogP contribution >= 0.6 is 0 Å². The third-order valence-electron chi connectivity index (χ3n) is 4.55. The van der Waals surface area contributed by atoms with E-state index >= 15 is 0 Å². The van der Waals surface area contributed by atoms with Crippen LogP contribution < -0.4 is 5.32 Å². The first kappa shape index (κ1) is 20.4. The van der Waals surface area contributed by atoms with Crippen LogP contribution in [0.15, 0.2) is 42.6 Å². The van der Waals surface area contributed by atoms with Crippen molar-refractivity contribution in [3.63, 3.8) is 0 Å². The summed E-state index contributed by atoms with van der Waals surface area (Å²) in [7, 11) is 5.64. The third-order valence-corrected chi connectivity index (χ3v) is 4.55. The summed E-state index contributed by atoms with van der Waals surface area (Å²) >= 11 is 0. The van der Waals surface area contributed by atoms with Gasteiger partial charge in [0, 0.05) is 39.4 Å². The van der Waals surface area contributed by atoms with Crippen molar-refractivity contribution in [2.24, 2.45) is 0 Å². The second-order valence-electron chi connectivity index (χ2n) is 6.66. The number of amides is 1. The number of aromatic nitrogens is 1. The molecule has 3 rings (SSSR count). The number of carbonyl (C=O) groups is 2. The lowest BCUT2D eigenvalue weighted by Gasteiger charge is -2.34. The van der Waals surface area contributed by atoms with Crippen LogP contribution in [0.3, 0.4) is 0 Å². The Morgan fingerprint density at radius 1 is 1.30 bits per heavy atom. The number of carbonyl (C=O) groups excluding carboxylic acids is 1. The van der Waals surface area contributed by atoms with E-state index in [1.54, 1.807) is 25.2 Å². The number of hydrogen-bond donors (Lipinski definition) is 2. The summed E-state index contributed by atoms with van der Waals surface area (Å²) in [5, 5.41) is 10.3. The van der Waals surface area contributed by atoms with Gasteiger partial charge < -0.3 is 15.3 Å². The normalized spacial score (nSPS) is 15.7. The number of fused-ring (bicyclic) bond motifs is 1. The minimum absolute atomic E-state index is 0.0299. The highest BCUT2D eigenvalue weighted by atomic mass is 16.3. The molecule has 1 aromatic heterocycles. The topological polar surface area (TPSA) is 85.8 Å². The fraction of sp³-hybridized carbons (Fsp3) is 0.350. The average molecular weight is 370 g/mol. The van der Waals surface area contributed by atoms with E-state index in [0.717, 1.165) is 25.3 Å². The van der Waals surface area contributed by atoms with Crippen LogP contribution in [0, 0.1) is 0 Å². The zero-order chi connectivity index (χ0) is 19.8. The van der Waals surface area contributed by atoms with Gasteiger partial charge in [-0.05, 0) is 36.7 Å². The Morgan fingerprint density at radius 3 is 2.56 bits per heavy atom. The molecule has 1 unspecified atom stereocenters. The smallest absolute Gasteiger partial charge is 0.290 e. The first-order valence-corrected chi connectivity index (χ1v) is 8.72. The monoisotopic (exact) mass is 370 g/mol. The van der Waals surface area contributed by atoms with Gasteiger partial charge in [-0.2, -0.15) is 0 Å². The third kappa shape index (κ3) is 5.52. The van der Waals surface area contributed by atoms with Crippen LogP contribution in [-0.4, -0.2) is 66.0 Å². The molecule has 0 saturated carbocycles. The van der Waals surface area contributed by atoms with Gasteiger partial charge in [0.1, 0.15) is 5.82 Å². The van der Waals surface area contributed by atoms with Crippen molar-refractivity contribution in [2.75, 3.05) is 33.0 Å². The summed E-state index contributed by atoms with van der Waals surface area (Å²) in [6.45, 7) is 1.56. The Hall–Kier alpha value is -2.93. The van der Waals surface area contributed by atoms with E-state index < -0.39 is 0 Å². The SMILES string of the molecule is CN(C)C(=O)c1ccc(NCC2Cc3ccccc3CN2C)nc1.O=CO. The van der Waals surface area contributed by atoms with Gasteiger partial charge in [0.15, 0.2) is 0 Å². The van der Waals surface area contributed by atoms with Crippen molar-refractivity contribution in [2.45, 2.75) is 19.0 Å². The lowest BCUT2D eigenvalue weighted by atomic mass is 9.94. The van der Waals surface area contributed by atoms with E-state index in [9.17, 15) is 4.79 Å². The molecule has 1 aliphatic heterocycles. The van der Waals surface area contributed by atoms with Gasteiger partial charge >= 0.3 is 0 Å². The zero-order valence-electron chi connectivity index (χ0n) is 15.9. The van der Waals surface area contributed by atoms with E-state index in [2.05, 4.69) is 46.5 Å². The Labute approximate surface area is 159 Å². The quantitative estimate of drug-likeness (QED) is 0.800. The Kier molecular flexibility index (Phi) is 7.31. The number of hydrogen-bond acceptors (Lipinski definition) is 5. The number of anilines is 1. The summed E-state index contributed by atoms with van der Waals surface area (Å²) in [6, 6.07) is 12.8. The molecule has 0 saturated heterocycles. The lowest BCUT2D eigenvalue weighted by molar-refractivity contribution is -0.122. The maximum atomic E-state index is 11.9. The average Bonchev–Trinajstić information content (AvgIpc) is 2.66. The number of pyridine rings is 1. The second kappa shape index (κ2) is 9.68.